The Kier molecular flexibility index (Phi) is 1.98. The molecule has 70 valence electrons. The summed E-state index contributed by atoms with van der Waals surface area (Å²) in [4.78, 5) is 28.1. The number of rotatable bonds is 1. The summed E-state index contributed by atoms with van der Waals surface area (Å²) < 4.78 is 1.31. The van der Waals surface area contributed by atoms with Crippen LogP contribution < -0.4 is 11.2 Å². The number of pyridine rings is 1. The molecular weight excluding hydrogens is 182 g/mol. The van der Waals surface area contributed by atoms with Crippen molar-refractivity contribution in [3.05, 3.63) is 57.6 Å². The third-order valence-corrected chi connectivity index (χ3v) is 1.75. The van der Waals surface area contributed by atoms with Crippen LogP contribution in [0.1, 0.15) is 0 Å². The van der Waals surface area contributed by atoms with Crippen molar-refractivity contribution >= 4 is 0 Å². The van der Waals surface area contributed by atoms with Gasteiger partial charge in [0.2, 0.25) is 0 Å². The summed E-state index contributed by atoms with van der Waals surface area (Å²) in [5.41, 5.74) is -0.255. The van der Waals surface area contributed by atoms with Crippen LogP contribution in [0.25, 0.3) is 5.69 Å². The zero-order valence-electron chi connectivity index (χ0n) is 7.18. The molecule has 0 atom stereocenters. The van der Waals surface area contributed by atoms with Crippen LogP contribution in [0.3, 0.4) is 0 Å². The Morgan fingerprint density at radius 3 is 2.79 bits per heavy atom. The molecule has 0 aliphatic carbocycles. The molecular formula is C9H7N3O2. The van der Waals surface area contributed by atoms with Gasteiger partial charge in [-0.3, -0.25) is 19.3 Å². The molecule has 1 N–H and O–H groups in total. The Morgan fingerprint density at radius 1 is 1.29 bits per heavy atom. The van der Waals surface area contributed by atoms with Gasteiger partial charge in [0.1, 0.15) is 0 Å². The highest BCUT2D eigenvalue weighted by Gasteiger charge is 1.97. The van der Waals surface area contributed by atoms with E-state index in [0.29, 0.717) is 5.69 Å². The minimum absolute atomic E-state index is 0.407. The van der Waals surface area contributed by atoms with Crippen molar-refractivity contribution in [1.29, 1.82) is 0 Å². The van der Waals surface area contributed by atoms with Crippen molar-refractivity contribution in [2.45, 2.75) is 0 Å². The summed E-state index contributed by atoms with van der Waals surface area (Å²) in [5, 5.41) is 0. The van der Waals surface area contributed by atoms with Gasteiger partial charge in [-0.2, -0.15) is 0 Å². The third-order valence-electron chi connectivity index (χ3n) is 1.75. The maximum absolute atomic E-state index is 11.3. The van der Waals surface area contributed by atoms with Crippen molar-refractivity contribution in [2.75, 3.05) is 0 Å². The summed E-state index contributed by atoms with van der Waals surface area (Å²) in [6.07, 6.45) is 4.57. The molecule has 0 saturated heterocycles. The normalized spacial score (nSPS) is 10.0. The molecule has 0 unspecified atom stereocenters. The van der Waals surface area contributed by atoms with Crippen molar-refractivity contribution in [1.82, 2.24) is 14.5 Å². The highest BCUT2D eigenvalue weighted by Crippen LogP contribution is 1.98. The van der Waals surface area contributed by atoms with Crippen LogP contribution in [-0.2, 0) is 0 Å². The smallest absolute Gasteiger partial charge is 0.274 e. The first-order valence-corrected chi connectivity index (χ1v) is 4.00. The quantitative estimate of drug-likeness (QED) is 0.682. The van der Waals surface area contributed by atoms with Crippen molar-refractivity contribution in [3.8, 4) is 5.69 Å². The van der Waals surface area contributed by atoms with Crippen LogP contribution in [0.2, 0.25) is 0 Å². The number of aromatic nitrogens is 3. The van der Waals surface area contributed by atoms with E-state index in [0.717, 1.165) is 0 Å². The second kappa shape index (κ2) is 3.29. The second-order valence-corrected chi connectivity index (χ2v) is 2.69. The summed E-state index contributed by atoms with van der Waals surface area (Å²) in [5.74, 6) is 0. The molecule has 0 amide bonds. The molecule has 0 aliphatic rings. The monoisotopic (exact) mass is 189 g/mol. The standard InChI is InChI=1S/C9H7N3O2/c13-8-3-5-12(9(14)11-8)7-2-1-4-10-6-7/h1-6H,(H,11,13,14). The molecule has 0 bridgehead atoms. The molecule has 2 aromatic heterocycles. The molecule has 0 spiro atoms. The molecule has 5 nitrogen and oxygen atoms in total. The largest absolute Gasteiger partial charge is 0.332 e. The predicted octanol–water partition coefficient (Wildman–Crippen LogP) is -0.0792. The van der Waals surface area contributed by atoms with Crippen molar-refractivity contribution in [3.63, 3.8) is 0 Å². The molecule has 0 fully saturated rings. The van der Waals surface area contributed by atoms with E-state index in [-0.39, 0.29) is 0 Å². The van der Waals surface area contributed by atoms with Gasteiger partial charge in [-0.15, -0.1) is 0 Å². The minimum Gasteiger partial charge on any atom is -0.274 e. The van der Waals surface area contributed by atoms with E-state index >= 15 is 0 Å². The maximum atomic E-state index is 11.3. The SMILES string of the molecule is O=c1ccn(-c2cccnc2)c(=O)[nH]1. The average molecular weight is 189 g/mol. The summed E-state index contributed by atoms with van der Waals surface area (Å²) in [7, 11) is 0. The molecule has 0 radical (unpaired) electrons. The highest BCUT2D eigenvalue weighted by molar-refractivity contribution is 5.26. The number of hydrogen-bond donors (Lipinski definition) is 1. The zero-order valence-corrected chi connectivity index (χ0v) is 7.18. The fourth-order valence-electron chi connectivity index (χ4n) is 1.12. The van der Waals surface area contributed by atoms with E-state index in [1.807, 2.05) is 0 Å². The fourth-order valence-corrected chi connectivity index (χ4v) is 1.12. The number of aromatic amines is 1. The lowest BCUT2D eigenvalue weighted by molar-refractivity contribution is 0.890. The Labute approximate surface area is 78.7 Å². The molecule has 5 heteroatoms. The number of nitrogens with one attached hydrogen (secondary N) is 1. The minimum atomic E-state index is -0.467. The first kappa shape index (κ1) is 8.43. The van der Waals surface area contributed by atoms with Crippen LogP contribution in [0.5, 0.6) is 0 Å². The molecule has 2 rings (SSSR count). The lowest BCUT2D eigenvalue weighted by Crippen LogP contribution is -2.27. The van der Waals surface area contributed by atoms with Gasteiger partial charge in [0.05, 0.1) is 11.9 Å². The molecule has 0 aromatic carbocycles. The number of nitrogens with zero attached hydrogens (tertiary/aromatic N) is 2. The number of H-pyrrole nitrogens is 1. The third kappa shape index (κ3) is 1.47. The Hall–Kier alpha value is -2.17. The molecule has 0 saturated carbocycles. The zero-order chi connectivity index (χ0) is 9.97. The molecule has 2 heterocycles. The summed E-state index contributed by atoms with van der Waals surface area (Å²) >= 11 is 0. The van der Waals surface area contributed by atoms with Crippen LogP contribution in [0.15, 0.2) is 46.4 Å². The molecule has 14 heavy (non-hydrogen) atoms. The van der Waals surface area contributed by atoms with Gasteiger partial charge >= 0.3 is 5.69 Å². The number of hydrogen-bond acceptors (Lipinski definition) is 3. The van der Waals surface area contributed by atoms with Crippen LogP contribution in [0.4, 0.5) is 0 Å². The first-order chi connectivity index (χ1) is 6.77. The second-order valence-electron chi connectivity index (χ2n) is 2.69. The van der Waals surface area contributed by atoms with Gasteiger partial charge in [0, 0.05) is 18.5 Å². The Morgan fingerprint density at radius 2 is 2.14 bits per heavy atom. The lowest BCUT2D eigenvalue weighted by Gasteiger charge is -2.01. The topological polar surface area (TPSA) is 67.8 Å². The van der Waals surface area contributed by atoms with Gasteiger partial charge in [0.25, 0.3) is 5.56 Å². The first-order valence-electron chi connectivity index (χ1n) is 4.00. The van der Waals surface area contributed by atoms with Crippen LogP contribution in [0, 0.1) is 0 Å². The van der Waals surface area contributed by atoms with Crippen molar-refractivity contribution < 1.29 is 0 Å². The van der Waals surface area contributed by atoms with Crippen molar-refractivity contribution in [2.24, 2.45) is 0 Å². The van der Waals surface area contributed by atoms with Gasteiger partial charge in [-0.05, 0) is 12.1 Å². The van der Waals surface area contributed by atoms with Crippen LogP contribution >= 0.6 is 0 Å². The summed E-state index contributed by atoms with van der Waals surface area (Å²) in [6.45, 7) is 0. The van der Waals surface area contributed by atoms with Gasteiger partial charge < -0.3 is 0 Å². The average Bonchev–Trinajstić information content (AvgIpc) is 2.19. The van der Waals surface area contributed by atoms with E-state index < -0.39 is 11.2 Å². The van der Waals surface area contributed by atoms with Gasteiger partial charge in [0.15, 0.2) is 0 Å². The summed E-state index contributed by atoms with van der Waals surface area (Å²) in [6, 6.07) is 4.73. The Bertz CT molecular complexity index is 542. The van der Waals surface area contributed by atoms with Gasteiger partial charge in [-0.25, -0.2) is 4.79 Å². The van der Waals surface area contributed by atoms with Gasteiger partial charge in [-0.1, -0.05) is 0 Å². The van der Waals surface area contributed by atoms with E-state index in [1.165, 1.54) is 16.8 Å². The van der Waals surface area contributed by atoms with E-state index in [2.05, 4.69) is 9.97 Å². The highest BCUT2D eigenvalue weighted by atomic mass is 16.2. The van der Waals surface area contributed by atoms with E-state index in [9.17, 15) is 9.59 Å². The van der Waals surface area contributed by atoms with Crippen LogP contribution in [-0.4, -0.2) is 14.5 Å². The fraction of sp³-hybridized carbons (Fsp3) is 0. The maximum Gasteiger partial charge on any atom is 0.332 e. The lowest BCUT2D eigenvalue weighted by atomic mass is 10.4. The van der Waals surface area contributed by atoms with E-state index in [4.69, 9.17) is 0 Å². The van der Waals surface area contributed by atoms with E-state index in [1.54, 1.807) is 24.5 Å². The predicted molar refractivity (Wildman–Crippen MR) is 50.5 cm³/mol. The molecule has 0 aliphatic heterocycles. The Balaban J connectivity index is 2.64. The molecule has 2 aromatic rings.